The number of aryl methyl sites for hydroxylation is 2. The van der Waals surface area contributed by atoms with Crippen LogP contribution in [0.1, 0.15) is 42.5 Å². The molecule has 0 fully saturated rings. The monoisotopic (exact) mass is 804 g/mol. The van der Waals surface area contributed by atoms with Crippen LogP contribution in [-0.2, 0) is 6.42 Å². The Hall–Kier alpha value is -7.42. The molecule has 0 unspecified atom stereocenters. The Morgan fingerprint density at radius 1 is 0.565 bits per heavy atom. The zero-order chi connectivity index (χ0) is 42.8. The molecule has 9 rings (SSSR count). The number of rotatable bonds is 11. The fourth-order valence-electron chi connectivity index (χ4n) is 8.24. The summed E-state index contributed by atoms with van der Waals surface area (Å²) in [5.74, 6) is 0.817. The van der Waals surface area contributed by atoms with E-state index in [0.29, 0.717) is 0 Å². The SMILES string of the molecule is C=C/C=C(\C=C(/C)c1ccccc1C)c1ccc2oc3ccc(-c4cc(-c5cc(-c6ccccc6)cc(-c6ccccc6)c5)ccc4OC)cc3c2c1.CCCc1ccccc1. The van der Waals surface area contributed by atoms with Crippen LogP contribution in [0.2, 0.25) is 0 Å². The average molecular weight is 805 g/mol. The number of allylic oxidation sites excluding steroid dienone is 5. The number of furan rings is 1. The quantitative estimate of drug-likeness (QED) is 0.122. The van der Waals surface area contributed by atoms with E-state index in [2.05, 4.69) is 228 Å². The summed E-state index contributed by atoms with van der Waals surface area (Å²) in [6.45, 7) is 10.5. The van der Waals surface area contributed by atoms with Gasteiger partial charge >= 0.3 is 0 Å². The van der Waals surface area contributed by atoms with Crippen molar-refractivity contribution >= 4 is 33.1 Å². The summed E-state index contributed by atoms with van der Waals surface area (Å²) >= 11 is 0. The van der Waals surface area contributed by atoms with Crippen molar-refractivity contribution in [2.24, 2.45) is 0 Å². The van der Waals surface area contributed by atoms with Gasteiger partial charge in [0, 0.05) is 16.3 Å². The summed E-state index contributed by atoms with van der Waals surface area (Å²) in [6, 6.07) is 66.4. The van der Waals surface area contributed by atoms with Crippen molar-refractivity contribution in [3.63, 3.8) is 0 Å². The second-order valence-corrected chi connectivity index (χ2v) is 15.7. The second kappa shape index (κ2) is 19.3. The Balaban J connectivity index is 0.000000524. The molecule has 0 spiro atoms. The summed E-state index contributed by atoms with van der Waals surface area (Å²) in [5.41, 5.74) is 18.1. The Labute approximate surface area is 366 Å². The van der Waals surface area contributed by atoms with Crippen LogP contribution in [-0.4, -0.2) is 7.11 Å². The number of hydrogen-bond acceptors (Lipinski definition) is 2. The fraction of sp³-hybridized carbons (Fsp3) is 0.100. The van der Waals surface area contributed by atoms with Gasteiger partial charge in [-0.1, -0.05) is 172 Å². The molecule has 2 heteroatoms. The average Bonchev–Trinajstić information content (AvgIpc) is 3.69. The normalized spacial score (nSPS) is 11.6. The lowest BCUT2D eigenvalue weighted by atomic mass is 9.91. The summed E-state index contributed by atoms with van der Waals surface area (Å²) in [4.78, 5) is 0. The third-order valence-corrected chi connectivity index (χ3v) is 11.4. The first-order valence-corrected chi connectivity index (χ1v) is 21.4. The number of benzene rings is 8. The van der Waals surface area contributed by atoms with Crippen molar-refractivity contribution in [2.75, 3.05) is 7.11 Å². The summed E-state index contributed by atoms with van der Waals surface area (Å²) < 4.78 is 12.3. The highest BCUT2D eigenvalue weighted by Gasteiger charge is 2.15. The Bertz CT molecular complexity index is 2960. The zero-order valence-corrected chi connectivity index (χ0v) is 36.1. The van der Waals surface area contributed by atoms with Gasteiger partial charge in [-0.3, -0.25) is 0 Å². The maximum absolute atomic E-state index is 6.38. The van der Waals surface area contributed by atoms with Crippen LogP contribution in [0.15, 0.2) is 217 Å². The van der Waals surface area contributed by atoms with E-state index in [1.54, 1.807) is 7.11 Å². The van der Waals surface area contributed by atoms with E-state index < -0.39 is 0 Å². The maximum atomic E-state index is 6.38. The molecule has 1 aromatic heterocycles. The number of ether oxygens (including phenoxy) is 1. The Morgan fingerprint density at radius 2 is 1.13 bits per heavy atom. The Kier molecular flexibility index (Phi) is 12.9. The number of hydrogen-bond donors (Lipinski definition) is 0. The highest BCUT2D eigenvalue weighted by molar-refractivity contribution is 6.08. The molecule has 0 amide bonds. The molecule has 0 aliphatic carbocycles. The lowest BCUT2D eigenvalue weighted by Crippen LogP contribution is -1.91. The molecule has 8 aromatic carbocycles. The second-order valence-electron chi connectivity index (χ2n) is 15.7. The van der Waals surface area contributed by atoms with E-state index in [1.165, 1.54) is 57.4 Å². The lowest BCUT2D eigenvalue weighted by molar-refractivity contribution is 0.416. The Morgan fingerprint density at radius 3 is 1.74 bits per heavy atom. The van der Waals surface area contributed by atoms with Crippen LogP contribution in [0.4, 0.5) is 0 Å². The summed E-state index contributed by atoms with van der Waals surface area (Å²) in [7, 11) is 1.74. The fourth-order valence-corrected chi connectivity index (χ4v) is 8.24. The van der Waals surface area contributed by atoms with E-state index in [4.69, 9.17) is 9.15 Å². The third kappa shape index (κ3) is 9.31. The van der Waals surface area contributed by atoms with E-state index in [1.807, 2.05) is 6.08 Å². The molecule has 0 saturated heterocycles. The van der Waals surface area contributed by atoms with Crippen molar-refractivity contribution in [3.05, 3.63) is 235 Å². The molecular formula is C60H52O2. The van der Waals surface area contributed by atoms with E-state index in [0.717, 1.165) is 61.1 Å². The van der Waals surface area contributed by atoms with Gasteiger partial charge in [0.1, 0.15) is 16.9 Å². The first-order chi connectivity index (χ1) is 30.4. The predicted octanol–water partition coefficient (Wildman–Crippen LogP) is 16.9. The molecule has 0 atom stereocenters. The standard InChI is InChI=1S/C51H40O2.C9H12/c1-5-14-38(27-35(3)45-20-13-12-15-34(45)2)39-22-25-50-47(32-39)48-33-41(23-26-51(48)53-50)46-31-40(21-24-49(46)52-4)44-29-42(36-16-8-6-9-17-36)28-43(30-44)37-18-10-7-11-19-37;1-2-6-9-7-4-3-5-8-9/h5-33H,1H2,2-4H3;3-5,7-8H,2,6H2,1H3/b35-27+,38-14+;. The van der Waals surface area contributed by atoms with Crippen LogP contribution >= 0.6 is 0 Å². The molecule has 0 aliphatic rings. The topological polar surface area (TPSA) is 22.4 Å². The smallest absolute Gasteiger partial charge is 0.135 e. The van der Waals surface area contributed by atoms with Gasteiger partial charge in [0.05, 0.1) is 7.11 Å². The molecule has 0 bridgehead atoms. The van der Waals surface area contributed by atoms with Crippen molar-refractivity contribution in [1.82, 2.24) is 0 Å². The van der Waals surface area contributed by atoms with Gasteiger partial charge in [0.2, 0.25) is 0 Å². The van der Waals surface area contributed by atoms with Crippen LogP contribution < -0.4 is 4.74 Å². The largest absolute Gasteiger partial charge is 0.496 e. The highest BCUT2D eigenvalue weighted by atomic mass is 16.5. The molecule has 0 radical (unpaired) electrons. The zero-order valence-electron chi connectivity index (χ0n) is 36.1. The predicted molar refractivity (Wildman–Crippen MR) is 265 cm³/mol. The summed E-state index contributed by atoms with van der Waals surface area (Å²) in [6.07, 6.45) is 8.61. The highest BCUT2D eigenvalue weighted by Crippen LogP contribution is 2.40. The van der Waals surface area contributed by atoms with Gasteiger partial charge < -0.3 is 9.15 Å². The molecule has 2 nitrogen and oxygen atoms in total. The van der Waals surface area contributed by atoms with Gasteiger partial charge in [-0.2, -0.15) is 0 Å². The van der Waals surface area contributed by atoms with Crippen molar-refractivity contribution in [2.45, 2.75) is 33.6 Å². The molecule has 0 aliphatic heterocycles. The van der Waals surface area contributed by atoms with Crippen LogP contribution in [0.25, 0.3) is 77.6 Å². The molecular weight excluding hydrogens is 753 g/mol. The van der Waals surface area contributed by atoms with Gasteiger partial charge in [0.25, 0.3) is 0 Å². The maximum Gasteiger partial charge on any atom is 0.135 e. The van der Waals surface area contributed by atoms with Crippen molar-refractivity contribution in [3.8, 4) is 50.3 Å². The van der Waals surface area contributed by atoms with Gasteiger partial charge in [0.15, 0.2) is 0 Å². The number of methoxy groups -OCH3 is 1. The van der Waals surface area contributed by atoms with E-state index in [9.17, 15) is 0 Å². The molecule has 304 valence electrons. The summed E-state index contributed by atoms with van der Waals surface area (Å²) in [5, 5.41) is 2.12. The molecule has 1 heterocycles. The third-order valence-electron chi connectivity index (χ3n) is 11.4. The number of fused-ring (bicyclic) bond motifs is 3. The lowest BCUT2D eigenvalue weighted by Gasteiger charge is -2.14. The first-order valence-electron chi connectivity index (χ1n) is 21.4. The van der Waals surface area contributed by atoms with Gasteiger partial charge in [-0.05, 0) is 147 Å². The minimum absolute atomic E-state index is 0.817. The minimum atomic E-state index is 0.817. The molecule has 0 saturated carbocycles. The van der Waals surface area contributed by atoms with Crippen molar-refractivity contribution in [1.29, 1.82) is 0 Å². The van der Waals surface area contributed by atoms with E-state index in [-0.39, 0.29) is 0 Å². The van der Waals surface area contributed by atoms with Crippen LogP contribution in [0.3, 0.4) is 0 Å². The van der Waals surface area contributed by atoms with Gasteiger partial charge in [-0.15, -0.1) is 0 Å². The first kappa shape index (κ1) is 41.3. The van der Waals surface area contributed by atoms with Gasteiger partial charge in [-0.25, -0.2) is 0 Å². The minimum Gasteiger partial charge on any atom is -0.496 e. The van der Waals surface area contributed by atoms with Crippen LogP contribution in [0, 0.1) is 6.92 Å². The molecule has 0 N–H and O–H groups in total. The van der Waals surface area contributed by atoms with Crippen LogP contribution in [0.5, 0.6) is 5.75 Å². The van der Waals surface area contributed by atoms with Crippen molar-refractivity contribution < 1.29 is 9.15 Å². The van der Waals surface area contributed by atoms with E-state index >= 15 is 0 Å². The molecule has 9 aromatic rings. The molecule has 62 heavy (non-hydrogen) atoms.